The third kappa shape index (κ3) is 6.88. The van der Waals surface area contributed by atoms with E-state index in [9.17, 15) is 14.9 Å². The number of carbonyl (C=O) groups is 1. The molecule has 1 aromatic carbocycles. The van der Waals surface area contributed by atoms with E-state index >= 15 is 0 Å². The van der Waals surface area contributed by atoms with Crippen LogP contribution in [0.2, 0.25) is 0 Å². The van der Waals surface area contributed by atoms with Gasteiger partial charge in [0.1, 0.15) is 0 Å². The summed E-state index contributed by atoms with van der Waals surface area (Å²) in [5, 5.41) is 17.0. The number of hydrogen-bond acceptors (Lipinski definition) is 5. The molecule has 0 spiro atoms. The molecular weight excluding hydrogens is 326 g/mol. The maximum atomic E-state index is 11.8. The third-order valence-corrected chi connectivity index (χ3v) is 5.16. The predicted molar refractivity (Wildman–Crippen MR) is 96.3 cm³/mol. The Morgan fingerprint density at radius 1 is 1.12 bits per heavy atom. The van der Waals surface area contributed by atoms with Crippen molar-refractivity contribution in [1.82, 2.24) is 10.6 Å². The van der Waals surface area contributed by atoms with E-state index in [1.165, 1.54) is 62.4 Å². The first kappa shape index (κ1) is 18.7. The summed E-state index contributed by atoms with van der Waals surface area (Å²) in [7, 11) is 0. The molecule has 1 aliphatic rings. The highest BCUT2D eigenvalue weighted by Crippen LogP contribution is 2.21. The van der Waals surface area contributed by atoms with Crippen LogP contribution in [0.25, 0.3) is 0 Å². The number of nitro benzene ring substituents is 1. The zero-order chi connectivity index (χ0) is 17.2. The third-order valence-electron chi connectivity index (χ3n) is 4.15. The second-order valence-corrected chi connectivity index (χ2v) is 7.08. The summed E-state index contributed by atoms with van der Waals surface area (Å²) in [6, 6.07) is 6.85. The first-order valence-electron chi connectivity index (χ1n) is 8.52. The Morgan fingerprint density at radius 2 is 1.79 bits per heavy atom. The van der Waals surface area contributed by atoms with Crippen molar-refractivity contribution in [2.75, 3.05) is 18.8 Å². The van der Waals surface area contributed by atoms with E-state index in [1.807, 2.05) is 0 Å². The largest absolute Gasteiger partial charge is 0.354 e. The molecule has 1 amide bonds. The summed E-state index contributed by atoms with van der Waals surface area (Å²) >= 11 is 1.38. The summed E-state index contributed by atoms with van der Waals surface area (Å²) in [5.41, 5.74) is 0.0633. The first-order chi connectivity index (χ1) is 11.6. The highest BCUT2D eigenvalue weighted by atomic mass is 32.2. The van der Waals surface area contributed by atoms with Gasteiger partial charge in [-0.3, -0.25) is 14.9 Å². The van der Waals surface area contributed by atoms with E-state index in [0.717, 1.165) is 11.4 Å². The molecule has 0 bridgehead atoms. The molecule has 0 saturated heterocycles. The van der Waals surface area contributed by atoms with Crippen molar-refractivity contribution < 1.29 is 9.72 Å². The highest BCUT2D eigenvalue weighted by Gasteiger charge is 2.11. The van der Waals surface area contributed by atoms with Gasteiger partial charge in [0.15, 0.2) is 0 Å². The lowest BCUT2D eigenvalue weighted by molar-refractivity contribution is -0.384. The van der Waals surface area contributed by atoms with Crippen molar-refractivity contribution >= 4 is 23.4 Å². The Balaban J connectivity index is 1.58. The Kier molecular flexibility index (Phi) is 8.04. The molecule has 0 radical (unpaired) electrons. The summed E-state index contributed by atoms with van der Waals surface area (Å²) in [6.07, 6.45) is 7.77. The molecule has 0 aliphatic heterocycles. The number of amides is 1. The Morgan fingerprint density at radius 3 is 2.42 bits per heavy atom. The van der Waals surface area contributed by atoms with Crippen LogP contribution in [0, 0.1) is 10.1 Å². The average molecular weight is 351 g/mol. The lowest BCUT2D eigenvalue weighted by atomic mass is 10.1. The predicted octanol–water partition coefficient (Wildman–Crippen LogP) is 3.12. The SMILES string of the molecule is O=C(CSc1ccc([N+](=O)[O-])cc1)NCCNC1CCCCCC1. The number of carbonyl (C=O) groups excluding carboxylic acids is 1. The van der Waals surface area contributed by atoms with Gasteiger partial charge in [0.05, 0.1) is 10.7 Å². The lowest BCUT2D eigenvalue weighted by Crippen LogP contribution is -2.37. The zero-order valence-electron chi connectivity index (χ0n) is 13.8. The zero-order valence-corrected chi connectivity index (χ0v) is 14.6. The second kappa shape index (κ2) is 10.3. The highest BCUT2D eigenvalue weighted by molar-refractivity contribution is 8.00. The molecule has 1 fully saturated rings. The Labute approximate surface area is 146 Å². The van der Waals surface area contributed by atoms with Crippen LogP contribution in [0.3, 0.4) is 0 Å². The van der Waals surface area contributed by atoms with Crippen LogP contribution >= 0.6 is 11.8 Å². The first-order valence-corrected chi connectivity index (χ1v) is 9.51. The molecule has 7 heteroatoms. The standard InChI is InChI=1S/C17H25N3O3S/c21-17(13-24-16-9-7-15(8-10-16)20(22)23)19-12-11-18-14-5-3-1-2-4-6-14/h7-10,14,18H,1-6,11-13H2,(H,19,21). The molecule has 0 heterocycles. The van der Waals surface area contributed by atoms with E-state index in [4.69, 9.17) is 0 Å². The van der Waals surface area contributed by atoms with E-state index in [1.54, 1.807) is 12.1 Å². The van der Waals surface area contributed by atoms with Crippen molar-refractivity contribution in [3.63, 3.8) is 0 Å². The number of nitrogens with zero attached hydrogens (tertiary/aromatic N) is 1. The molecule has 1 aromatic rings. The number of rotatable bonds is 8. The number of non-ortho nitro benzene ring substituents is 1. The summed E-state index contributed by atoms with van der Waals surface area (Å²) in [6.45, 7) is 1.44. The second-order valence-electron chi connectivity index (χ2n) is 6.03. The van der Waals surface area contributed by atoms with Gasteiger partial charge in [0.25, 0.3) is 5.69 Å². The van der Waals surface area contributed by atoms with Gasteiger partial charge in [0.2, 0.25) is 5.91 Å². The molecule has 2 rings (SSSR count). The molecule has 0 aromatic heterocycles. The monoisotopic (exact) mass is 351 g/mol. The maximum absolute atomic E-state index is 11.8. The molecule has 6 nitrogen and oxygen atoms in total. The van der Waals surface area contributed by atoms with E-state index < -0.39 is 4.92 Å². The number of thioether (sulfide) groups is 1. The van der Waals surface area contributed by atoms with Crippen LogP contribution in [0.15, 0.2) is 29.2 Å². The van der Waals surface area contributed by atoms with Crippen LogP contribution < -0.4 is 10.6 Å². The Hall–Kier alpha value is -1.60. The van der Waals surface area contributed by atoms with Gasteiger partial charge in [-0.05, 0) is 25.0 Å². The van der Waals surface area contributed by atoms with Gasteiger partial charge < -0.3 is 10.6 Å². The fraction of sp³-hybridized carbons (Fsp3) is 0.588. The average Bonchev–Trinajstić information content (AvgIpc) is 2.86. The van der Waals surface area contributed by atoms with Crippen LogP contribution in [0.5, 0.6) is 0 Å². The van der Waals surface area contributed by atoms with Gasteiger partial charge in [-0.15, -0.1) is 11.8 Å². The number of benzene rings is 1. The van der Waals surface area contributed by atoms with Crippen LogP contribution in [0.4, 0.5) is 5.69 Å². The molecule has 0 unspecified atom stereocenters. The summed E-state index contributed by atoms with van der Waals surface area (Å²) < 4.78 is 0. The van der Waals surface area contributed by atoms with Crippen molar-refractivity contribution in [1.29, 1.82) is 0 Å². The smallest absolute Gasteiger partial charge is 0.269 e. The minimum absolute atomic E-state index is 0.0129. The number of nitrogens with one attached hydrogen (secondary N) is 2. The molecule has 0 atom stereocenters. The topological polar surface area (TPSA) is 84.3 Å². The van der Waals surface area contributed by atoms with E-state index in [0.29, 0.717) is 18.3 Å². The van der Waals surface area contributed by atoms with Crippen molar-refractivity contribution in [2.24, 2.45) is 0 Å². The van der Waals surface area contributed by atoms with Gasteiger partial charge in [-0.1, -0.05) is 25.7 Å². The van der Waals surface area contributed by atoms with Gasteiger partial charge in [-0.2, -0.15) is 0 Å². The van der Waals surface area contributed by atoms with Crippen LogP contribution in [0.1, 0.15) is 38.5 Å². The number of nitro groups is 1. The van der Waals surface area contributed by atoms with Gasteiger partial charge in [-0.25, -0.2) is 0 Å². The van der Waals surface area contributed by atoms with Crippen molar-refractivity contribution in [2.45, 2.75) is 49.5 Å². The minimum atomic E-state index is -0.428. The minimum Gasteiger partial charge on any atom is -0.354 e. The van der Waals surface area contributed by atoms with Crippen molar-refractivity contribution in [3.8, 4) is 0 Å². The molecule has 24 heavy (non-hydrogen) atoms. The molecule has 132 valence electrons. The van der Waals surface area contributed by atoms with E-state index in [-0.39, 0.29) is 11.6 Å². The summed E-state index contributed by atoms with van der Waals surface area (Å²) in [5.74, 6) is 0.308. The molecule has 1 saturated carbocycles. The lowest BCUT2D eigenvalue weighted by Gasteiger charge is -2.16. The summed E-state index contributed by atoms with van der Waals surface area (Å²) in [4.78, 5) is 22.8. The van der Waals surface area contributed by atoms with Crippen LogP contribution in [-0.2, 0) is 4.79 Å². The maximum Gasteiger partial charge on any atom is 0.269 e. The fourth-order valence-corrected chi connectivity index (χ4v) is 3.55. The Bertz CT molecular complexity index is 528. The van der Waals surface area contributed by atoms with Gasteiger partial charge >= 0.3 is 0 Å². The van der Waals surface area contributed by atoms with E-state index in [2.05, 4.69) is 10.6 Å². The molecular formula is C17H25N3O3S. The molecule has 1 aliphatic carbocycles. The van der Waals surface area contributed by atoms with Crippen LogP contribution in [-0.4, -0.2) is 35.7 Å². The normalized spacial score (nSPS) is 15.7. The van der Waals surface area contributed by atoms with Gasteiger partial charge in [0, 0.05) is 36.2 Å². The number of hydrogen-bond donors (Lipinski definition) is 2. The van der Waals surface area contributed by atoms with Crippen molar-refractivity contribution in [3.05, 3.63) is 34.4 Å². The molecule has 2 N–H and O–H groups in total. The fourth-order valence-electron chi connectivity index (χ4n) is 2.83. The quantitative estimate of drug-likeness (QED) is 0.247.